The lowest BCUT2D eigenvalue weighted by Gasteiger charge is -2.35. The van der Waals surface area contributed by atoms with Gasteiger partial charge in [-0.05, 0) is 19.2 Å². The number of aliphatic hydroxyl groups excluding tert-OH is 2. The first-order valence-corrected chi connectivity index (χ1v) is 6.89. The van der Waals surface area contributed by atoms with Gasteiger partial charge in [-0.1, -0.05) is 0 Å². The Morgan fingerprint density at radius 2 is 1.85 bits per heavy atom. The van der Waals surface area contributed by atoms with Crippen molar-refractivity contribution in [2.75, 3.05) is 7.05 Å². The SMILES string of the molecule is CN1C2CC(OC(=O)c3cccn3C)CC1C(O)C2O. The van der Waals surface area contributed by atoms with Crippen LogP contribution in [0.5, 0.6) is 0 Å². The number of carbonyl (C=O) groups excluding carboxylic acids is 1. The van der Waals surface area contributed by atoms with Gasteiger partial charge in [0.05, 0.1) is 12.2 Å². The van der Waals surface area contributed by atoms with E-state index in [0.717, 1.165) is 0 Å². The molecule has 1 aromatic heterocycles. The molecular weight excluding hydrogens is 260 g/mol. The third kappa shape index (κ3) is 2.04. The molecule has 1 aromatic rings. The number of nitrogens with zero attached hydrogens (tertiary/aromatic N) is 2. The molecule has 2 bridgehead atoms. The molecule has 2 saturated heterocycles. The Labute approximate surface area is 117 Å². The van der Waals surface area contributed by atoms with Crippen molar-refractivity contribution in [1.82, 2.24) is 9.47 Å². The minimum atomic E-state index is -0.760. The molecule has 0 amide bonds. The third-order valence-electron chi connectivity index (χ3n) is 4.62. The predicted octanol–water partition coefficient (Wildman–Crippen LogP) is -0.251. The van der Waals surface area contributed by atoms with Crippen LogP contribution >= 0.6 is 0 Å². The van der Waals surface area contributed by atoms with E-state index in [2.05, 4.69) is 0 Å². The quantitative estimate of drug-likeness (QED) is 0.731. The number of ether oxygens (including phenoxy) is 1. The molecule has 4 atom stereocenters. The minimum Gasteiger partial charge on any atom is -0.458 e. The molecule has 0 radical (unpaired) electrons. The van der Waals surface area contributed by atoms with E-state index in [1.165, 1.54) is 0 Å². The molecule has 2 aliphatic heterocycles. The largest absolute Gasteiger partial charge is 0.458 e. The van der Waals surface area contributed by atoms with Crippen molar-refractivity contribution in [1.29, 1.82) is 0 Å². The summed E-state index contributed by atoms with van der Waals surface area (Å²) in [6.07, 6.45) is 1.13. The molecule has 0 spiro atoms. The molecule has 6 nitrogen and oxygen atoms in total. The average Bonchev–Trinajstić information content (AvgIpc) is 2.88. The molecule has 6 heteroatoms. The smallest absolute Gasteiger partial charge is 0.355 e. The molecule has 0 aliphatic carbocycles. The summed E-state index contributed by atoms with van der Waals surface area (Å²) in [4.78, 5) is 14.1. The first-order chi connectivity index (χ1) is 9.49. The number of piperidine rings is 1. The number of aromatic nitrogens is 1. The zero-order valence-electron chi connectivity index (χ0n) is 11.6. The second-order valence-electron chi connectivity index (χ2n) is 5.78. The Morgan fingerprint density at radius 3 is 2.35 bits per heavy atom. The van der Waals surface area contributed by atoms with E-state index in [-0.39, 0.29) is 24.2 Å². The maximum Gasteiger partial charge on any atom is 0.355 e. The number of hydrogen-bond donors (Lipinski definition) is 2. The zero-order chi connectivity index (χ0) is 14.4. The number of likely N-dealkylation sites (N-methyl/N-ethyl adjacent to an activating group) is 1. The summed E-state index contributed by atoms with van der Waals surface area (Å²) >= 11 is 0. The number of fused-ring (bicyclic) bond motifs is 2. The van der Waals surface area contributed by atoms with Crippen LogP contribution in [-0.4, -0.2) is 63.1 Å². The van der Waals surface area contributed by atoms with Gasteiger partial charge < -0.3 is 19.5 Å². The van der Waals surface area contributed by atoms with Gasteiger partial charge in [0.1, 0.15) is 11.8 Å². The lowest BCUT2D eigenvalue weighted by Crippen LogP contribution is -2.46. The second-order valence-corrected chi connectivity index (χ2v) is 5.78. The number of aryl methyl sites for hydroxylation is 1. The molecule has 2 N–H and O–H groups in total. The fraction of sp³-hybridized carbons (Fsp3) is 0.643. The standard InChI is InChI=1S/C14H20N2O4/c1-15-5-3-4-9(15)14(19)20-8-6-10-12(17)13(18)11(7-8)16(10)2/h3-5,8,10-13,17-18H,6-7H2,1-2H3. The van der Waals surface area contributed by atoms with Crippen LogP contribution in [0.2, 0.25) is 0 Å². The maximum atomic E-state index is 12.1. The van der Waals surface area contributed by atoms with Crippen LogP contribution in [0, 0.1) is 0 Å². The van der Waals surface area contributed by atoms with Gasteiger partial charge >= 0.3 is 5.97 Å². The molecule has 0 saturated carbocycles. The van der Waals surface area contributed by atoms with Gasteiger partial charge in [0.2, 0.25) is 0 Å². The molecule has 0 aromatic carbocycles. The number of esters is 1. The summed E-state index contributed by atoms with van der Waals surface area (Å²) in [7, 11) is 3.69. The molecule has 3 rings (SSSR count). The normalized spacial score (nSPS) is 37.1. The van der Waals surface area contributed by atoms with Gasteiger partial charge in [-0.3, -0.25) is 4.90 Å². The van der Waals surface area contributed by atoms with Crippen molar-refractivity contribution in [3.05, 3.63) is 24.0 Å². The molecule has 110 valence electrons. The third-order valence-corrected chi connectivity index (χ3v) is 4.62. The van der Waals surface area contributed by atoms with Crippen LogP contribution in [0.4, 0.5) is 0 Å². The van der Waals surface area contributed by atoms with Crippen LogP contribution in [0.15, 0.2) is 18.3 Å². The number of hydrogen-bond acceptors (Lipinski definition) is 5. The zero-order valence-corrected chi connectivity index (χ0v) is 11.6. The van der Waals surface area contributed by atoms with Gasteiger partial charge in [0, 0.05) is 38.2 Å². The van der Waals surface area contributed by atoms with Crippen molar-refractivity contribution >= 4 is 5.97 Å². The monoisotopic (exact) mass is 280 g/mol. The van der Waals surface area contributed by atoms with E-state index >= 15 is 0 Å². The lowest BCUT2D eigenvalue weighted by atomic mass is 10.00. The Balaban J connectivity index is 1.69. The maximum absolute atomic E-state index is 12.1. The Hall–Kier alpha value is -1.37. The topological polar surface area (TPSA) is 74.9 Å². The summed E-state index contributed by atoms with van der Waals surface area (Å²) in [6.45, 7) is 0. The van der Waals surface area contributed by atoms with E-state index in [1.807, 2.05) is 11.9 Å². The fourth-order valence-corrected chi connectivity index (χ4v) is 3.41. The minimum absolute atomic E-state index is 0.144. The van der Waals surface area contributed by atoms with Crippen LogP contribution in [0.3, 0.4) is 0 Å². The highest BCUT2D eigenvalue weighted by Gasteiger charge is 2.51. The van der Waals surface area contributed by atoms with E-state index in [0.29, 0.717) is 18.5 Å². The summed E-state index contributed by atoms with van der Waals surface area (Å²) in [5, 5.41) is 20.0. The average molecular weight is 280 g/mol. The molecule has 20 heavy (non-hydrogen) atoms. The Morgan fingerprint density at radius 1 is 1.25 bits per heavy atom. The summed E-state index contributed by atoms with van der Waals surface area (Å²) in [5.41, 5.74) is 0.511. The van der Waals surface area contributed by atoms with Gasteiger partial charge in [-0.25, -0.2) is 4.79 Å². The van der Waals surface area contributed by atoms with Gasteiger partial charge in [0.15, 0.2) is 0 Å². The molecule has 4 unspecified atom stereocenters. The Kier molecular flexibility index (Phi) is 3.32. The number of carbonyl (C=O) groups is 1. The summed E-state index contributed by atoms with van der Waals surface area (Å²) in [6, 6.07) is 3.22. The van der Waals surface area contributed by atoms with Crippen LogP contribution < -0.4 is 0 Å². The van der Waals surface area contributed by atoms with Crippen LogP contribution in [-0.2, 0) is 11.8 Å². The second kappa shape index (κ2) is 4.87. The van der Waals surface area contributed by atoms with Crippen LogP contribution in [0.1, 0.15) is 23.3 Å². The van der Waals surface area contributed by atoms with E-state index in [9.17, 15) is 15.0 Å². The lowest BCUT2D eigenvalue weighted by molar-refractivity contribution is -0.0103. The number of aliphatic hydroxyl groups is 2. The van der Waals surface area contributed by atoms with Gasteiger partial charge in [0.25, 0.3) is 0 Å². The first kappa shape index (κ1) is 13.6. The highest BCUT2D eigenvalue weighted by Crippen LogP contribution is 2.36. The van der Waals surface area contributed by atoms with Crippen LogP contribution in [0.25, 0.3) is 0 Å². The van der Waals surface area contributed by atoms with Crippen molar-refractivity contribution in [2.45, 2.75) is 43.2 Å². The van der Waals surface area contributed by atoms with E-state index in [4.69, 9.17) is 4.74 Å². The summed E-state index contributed by atoms with van der Waals surface area (Å²) in [5.74, 6) is -0.351. The number of rotatable bonds is 2. The summed E-state index contributed by atoms with van der Waals surface area (Å²) < 4.78 is 7.25. The predicted molar refractivity (Wildman–Crippen MR) is 71.2 cm³/mol. The molecular formula is C14H20N2O4. The van der Waals surface area contributed by atoms with Crippen molar-refractivity contribution in [2.24, 2.45) is 7.05 Å². The highest BCUT2D eigenvalue weighted by molar-refractivity contribution is 5.87. The van der Waals surface area contributed by atoms with Gasteiger partial charge in [-0.15, -0.1) is 0 Å². The van der Waals surface area contributed by atoms with E-state index < -0.39 is 12.2 Å². The van der Waals surface area contributed by atoms with E-state index in [1.54, 1.807) is 29.9 Å². The highest BCUT2D eigenvalue weighted by atomic mass is 16.5. The fourth-order valence-electron chi connectivity index (χ4n) is 3.41. The first-order valence-electron chi connectivity index (χ1n) is 6.89. The molecule has 2 fully saturated rings. The van der Waals surface area contributed by atoms with Crippen molar-refractivity contribution < 1.29 is 19.7 Å². The molecule has 2 aliphatic rings. The Bertz CT molecular complexity index is 489. The molecule has 3 heterocycles. The van der Waals surface area contributed by atoms with Crippen molar-refractivity contribution in [3.63, 3.8) is 0 Å². The van der Waals surface area contributed by atoms with Gasteiger partial charge in [-0.2, -0.15) is 0 Å². The van der Waals surface area contributed by atoms with Crippen molar-refractivity contribution in [3.8, 4) is 0 Å².